The Kier molecular flexibility index (Phi) is 3.16. The van der Waals surface area contributed by atoms with Crippen molar-refractivity contribution in [2.24, 2.45) is 0 Å². The second kappa shape index (κ2) is 4.46. The fourth-order valence-corrected chi connectivity index (χ4v) is 2.65. The van der Waals surface area contributed by atoms with E-state index in [1.807, 2.05) is 0 Å². The van der Waals surface area contributed by atoms with Crippen molar-refractivity contribution in [3.05, 3.63) is 34.8 Å². The summed E-state index contributed by atoms with van der Waals surface area (Å²) in [5.74, 6) is 0. The first-order valence-corrected chi connectivity index (χ1v) is 6.91. The lowest BCUT2D eigenvalue weighted by molar-refractivity contribution is 0.601. The molecule has 2 rings (SSSR count). The quantitative estimate of drug-likeness (QED) is 0.843. The Bertz CT molecular complexity index is 624. The third kappa shape index (κ3) is 2.64. The van der Waals surface area contributed by atoms with Gasteiger partial charge in [-0.05, 0) is 35.0 Å². The van der Waals surface area contributed by atoms with Gasteiger partial charge in [0.05, 0.1) is 17.6 Å². The summed E-state index contributed by atoms with van der Waals surface area (Å²) in [6, 6.07) is 3.31. The highest BCUT2D eigenvalue weighted by Gasteiger charge is 2.16. The number of hydrogen-bond acceptors (Lipinski definition) is 4. The van der Waals surface area contributed by atoms with Gasteiger partial charge in [-0.25, -0.2) is 13.4 Å². The highest BCUT2D eigenvalue weighted by atomic mass is 79.9. The first-order valence-electron chi connectivity index (χ1n) is 4.64. The van der Waals surface area contributed by atoms with Crippen molar-refractivity contribution >= 4 is 31.6 Å². The van der Waals surface area contributed by atoms with Gasteiger partial charge >= 0.3 is 0 Å². The summed E-state index contributed by atoms with van der Waals surface area (Å²) < 4.78 is 26.9. The zero-order valence-electron chi connectivity index (χ0n) is 8.81. The molecule has 0 aliphatic carbocycles. The zero-order valence-corrected chi connectivity index (χ0v) is 11.2. The summed E-state index contributed by atoms with van der Waals surface area (Å²) >= 11 is 3.21. The summed E-state index contributed by atoms with van der Waals surface area (Å²) in [6.07, 6.45) is 2.55. The second-order valence-corrected chi connectivity index (χ2v) is 5.80. The molecule has 0 amide bonds. The Balaban J connectivity index is 2.33. The number of nitrogens with zero attached hydrogens (tertiary/aromatic N) is 2. The molecule has 17 heavy (non-hydrogen) atoms. The van der Waals surface area contributed by atoms with Crippen molar-refractivity contribution < 1.29 is 8.42 Å². The minimum absolute atomic E-state index is 0.0832. The number of sulfonamides is 1. The summed E-state index contributed by atoms with van der Waals surface area (Å²) in [5.41, 5.74) is 1.03. The number of hydrogen-bond donors (Lipinski definition) is 2. The fraction of sp³-hybridized carbons (Fsp3) is 0.111. The topological polar surface area (TPSA) is 87.7 Å². The maximum absolute atomic E-state index is 11.9. The summed E-state index contributed by atoms with van der Waals surface area (Å²) in [6.45, 7) is 1.72. The van der Waals surface area contributed by atoms with E-state index in [0.717, 1.165) is 0 Å². The van der Waals surface area contributed by atoms with E-state index in [-0.39, 0.29) is 4.90 Å². The van der Waals surface area contributed by atoms with Crippen LogP contribution in [0.2, 0.25) is 0 Å². The van der Waals surface area contributed by atoms with Gasteiger partial charge in [0, 0.05) is 6.20 Å². The molecule has 2 N–H and O–H groups in total. The molecule has 2 aromatic rings. The molecule has 0 radical (unpaired) electrons. The van der Waals surface area contributed by atoms with E-state index in [2.05, 4.69) is 35.8 Å². The molecule has 0 unspecified atom stereocenters. The van der Waals surface area contributed by atoms with Gasteiger partial charge in [-0.3, -0.25) is 9.82 Å². The molecule has 0 atom stereocenters. The van der Waals surface area contributed by atoms with Crippen LogP contribution in [0, 0.1) is 6.92 Å². The maximum Gasteiger partial charge on any atom is 0.265 e. The molecule has 8 heteroatoms. The standard InChI is InChI=1S/C9H9BrN4O2S/c1-6-8(2-3-9(10)13-6)14-17(15,16)7-4-11-12-5-7/h2-5,14H,1H3,(H,11,12). The van der Waals surface area contributed by atoms with Crippen LogP contribution in [0.5, 0.6) is 0 Å². The SMILES string of the molecule is Cc1nc(Br)ccc1NS(=O)(=O)c1cn[nH]c1. The number of rotatable bonds is 3. The largest absolute Gasteiger partial charge is 0.284 e. The molecule has 0 spiro atoms. The van der Waals surface area contributed by atoms with Crippen LogP contribution in [-0.2, 0) is 10.0 Å². The average molecular weight is 317 g/mol. The molecule has 2 heterocycles. The molecule has 90 valence electrons. The predicted molar refractivity (Wildman–Crippen MR) is 66.1 cm³/mol. The number of anilines is 1. The number of nitrogens with one attached hydrogen (secondary N) is 2. The summed E-state index contributed by atoms with van der Waals surface area (Å²) in [7, 11) is -3.60. The van der Waals surface area contributed by atoms with E-state index >= 15 is 0 Å². The van der Waals surface area contributed by atoms with Crippen LogP contribution in [0.25, 0.3) is 0 Å². The van der Waals surface area contributed by atoms with E-state index < -0.39 is 10.0 Å². The Hall–Kier alpha value is -1.41. The van der Waals surface area contributed by atoms with Crippen LogP contribution in [0.3, 0.4) is 0 Å². The average Bonchev–Trinajstić information content (AvgIpc) is 2.76. The predicted octanol–water partition coefficient (Wildman–Crippen LogP) is 1.68. The van der Waals surface area contributed by atoms with Gasteiger partial charge in [0.1, 0.15) is 9.50 Å². The van der Waals surface area contributed by atoms with Crippen molar-refractivity contribution in [2.75, 3.05) is 4.72 Å². The zero-order chi connectivity index (χ0) is 12.5. The van der Waals surface area contributed by atoms with Gasteiger partial charge in [0.2, 0.25) is 0 Å². The fourth-order valence-electron chi connectivity index (χ4n) is 1.23. The second-order valence-electron chi connectivity index (χ2n) is 3.31. The lowest BCUT2D eigenvalue weighted by atomic mass is 10.3. The first kappa shape index (κ1) is 12.1. The van der Waals surface area contributed by atoms with E-state index in [9.17, 15) is 8.42 Å². The van der Waals surface area contributed by atoms with Gasteiger partial charge in [0.15, 0.2) is 0 Å². The van der Waals surface area contributed by atoms with Gasteiger partial charge in [0.25, 0.3) is 10.0 Å². The number of H-pyrrole nitrogens is 1. The van der Waals surface area contributed by atoms with Gasteiger partial charge < -0.3 is 0 Å². The van der Waals surface area contributed by atoms with Crippen LogP contribution in [-0.4, -0.2) is 23.6 Å². The number of aromatic amines is 1. The van der Waals surface area contributed by atoms with Crippen LogP contribution < -0.4 is 4.72 Å². The molecule has 6 nitrogen and oxygen atoms in total. The lowest BCUT2D eigenvalue weighted by Gasteiger charge is -2.08. The normalized spacial score (nSPS) is 11.4. The van der Waals surface area contributed by atoms with Crippen LogP contribution in [0.4, 0.5) is 5.69 Å². The molecule has 0 saturated carbocycles. The minimum atomic E-state index is -3.60. The molecule has 0 aliphatic rings. The highest BCUT2D eigenvalue weighted by Crippen LogP contribution is 2.19. The van der Waals surface area contributed by atoms with Gasteiger partial charge in [-0.2, -0.15) is 5.10 Å². The number of aryl methyl sites for hydroxylation is 1. The van der Waals surface area contributed by atoms with Gasteiger partial charge in [-0.1, -0.05) is 0 Å². The van der Waals surface area contributed by atoms with Gasteiger partial charge in [-0.15, -0.1) is 0 Å². The molecule has 2 aromatic heterocycles. The van der Waals surface area contributed by atoms with Crippen molar-refractivity contribution in [3.63, 3.8) is 0 Å². The molecule has 0 aromatic carbocycles. The molecule has 0 saturated heterocycles. The van der Waals surface area contributed by atoms with Crippen LogP contribution in [0.1, 0.15) is 5.69 Å². The molecular formula is C9H9BrN4O2S. The third-order valence-corrected chi connectivity index (χ3v) is 3.85. The number of aromatic nitrogens is 3. The number of halogens is 1. The Morgan fingerprint density at radius 3 is 2.76 bits per heavy atom. The van der Waals surface area contributed by atoms with Crippen molar-refractivity contribution in [1.82, 2.24) is 15.2 Å². The Morgan fingerprint density at radius 2 is 2.18 bits per heavy atom. The molecular weight excluding hydrogens is 308 g/mol. The van der Waals surface area contributed by atoms with Crippen molar-refractivity contribution in [3.8, 4) is 0 Å². The van der Waals surface area contributed by atoms with Crippen molar-refractivity contribution in [1.29, 1.82) is 0 Å². The first-order chi connectivity index (χ1) is 7.99. The highest BCUT2D eigenvalue weighted by molar-refractivity contribution is 9.10. The Morgan fingerprint density at radius 1 is 1.41 bits per heavy atom. The molecule has 0 bridgehead atoms. The van der Waals surface area contributed by atoms with E-state index in [0.29, 0.717) is 16.0 Å². The lowest BCUT2D eigenvalue weighted by Crippen LogP contribution is -2.13. The van der Waals surface area contributed by atoms with Crippen LogP contribution in [0.15, 0.2) is 34.0 Å². The Labute approximate surface area is 107 Å². The van der Waals surface area contributed by atoms with Crippen molar-refractivity contribution in [2.45, 2.75) is 11.8 Å². The smallest absolute Gasteiger partial charge is 0.265 e. The van der Waals surface area contributed by atoms with E-state index in [4.69, 9.17) is 0 Å². The molecule has 0 aliphatic heterocycles. The van der Waals surface area contributed by atoms with E-state index in [1.54, 1.807) is 19.1 Å². The third-order valence-electron chi connectivity index (χ3n) is 2.08. The maximum atomic E-state index is 11.9. The number of pyridine rings is 1. The summed E-state index contributed by atoms with van der Waals surface area (Å²) in [4.78, 5) is 4.19. The van der Waals surface area contributed by atoms with E-state index in [1.165, 1.54) is 12.4 Å². The monoisotopic (exact) mass is 316 g/mol. The molecule has 0 fully saturated rings. The summed E-state index contributed by atoms with van der Waals surface area (Å²) in [5, 5.41) is 6.05. The van der Waals surface area contributed by atoms with Crippen LogP contribution >= 0.6 is 15.9 Å². The minimum Gasteiger partial charge on any atom is -0.284 e.